The third-order valence-electron chi connectivity index (χ3n) is 4.15. The summed E-state index contributed by atoms with van der Waals surface area (Å²) in [7, 11) is 1.76. The Morgan fingerprint density at radius 2 is 2.00 bits per heavy atom. The molecule has 22 heavy (non-hydrogen) atoms. The van der Waals surface area contributed by atoms with Gasteiger partial charge in [0.2, 0.25) is 5.91 Å². The lowest BCUT2D eigenvalue weighted by Gasteiger charge is -2.21. The summed E-state index contributed by atoms with van der Waals surface area (Å²) < 4.78 is 0.854. The molecule has 0 spiro atoms. The Bertz CT molecular complexity index is 698. The molecule has 116 valence electrons. The molecule has 1 aliphatic rings. The van der Waals surface area contributed by atoms with E-state index in [-0.39, 0.29) is 5.91 Å². The highest BCUT2D eigenvalue weighted by molar-refractivity contribution is 6.53. The maximum atomic E-state index is 12.5. The fourth-order valence-corrected chi connectivity index (χ4v) is 3.26. The van der Waals surface area contributed by atoms with Crippen LogP contribution in [0.4, 0.5) is 0 Å². The molecular formula is C16H17Cl2N3O. The van der Waals surface area contributed by atoms with E-state index in [0.717, 1.165) is 11.3 Å². The average Bonchev–Trinajstić information content (AvgIpc) is 2.85. The number of aromatic nitrogens is 2. The molecule has 1 unspecified atom stereocenters. The van der Waals surface area contributed by atoms with E-state index in [1.54, 1.807) is 29.7 Å². The zero-order valence-electron chi connectivity index (χ0n) is 12.5. The van der Waals surface area contributed by atoms with Crippen LogP contribution in [-0.4, -0.2) is 32.0 Å². The number of halogens is 2. The third-order valence-corrected chi connectivity index (χ3v) is 5.25. The van der Waals surface area contributed by atoms with E-state index in [4.69, 9.17) is 23.2 Å². The van der Waals surface area contributed by atoms with E-state index in [9.17, 15) is 4.79 Å². The van der Waals surface area contributed by atoms with Gasteiger partial charge in [-0.1, -0.05) is 18.2 Å². The number of carbonyl (C=O) groups excluding carboxylic acids is 1. The minimum atomic E-state index is -0.938. The molecule has 0 N–H and O–H groups in total. The van der Waals surface area contributed by atoms with Gasteiger partial charge in [0.1, 0.15) is 4.33 Å². The second-order valence-electron chi connectivity index (χ2n) is 6.00. The lowest BCUT2D eigenvalue weighted by molar-refractivity contribution is -0.135. The van der Waals surface area contributed by atoms with Crippen molar-refractivity contribution >= 4 is 29.1 Å². The van der Waals surface area contributed by atoms with Crippen molar-refractivity contribution < 1.29 is 4.79 Å². The molecule has 1 saturated carbocycles. The zero-order chi connectivity index (χ0) is 16.0. The quantitative estimate of drug-likeness (QED) is 0.802. The molecule has 6 heteroatoms. The molecule has 0 radical (unpaired) electrons. The van der Waals surface area contributed by atoms with Crippen molar-refractivity contribution in [3.8, 4) is 5.69 Å². The predicted molar refractivity (Wildman–Crippen MR) is 87.2 cm³/mol. The minimum Gasteiger partial charge on any atom is -0.341 e. The molecule has 3 rings (SSSR count). The van der Waals surface area contributed by atoms with Crippen LogP contribution in [0.2, 0.25) is 0 Å². The van der Waals surface area contributed by atoms with Crippen LogP contribution in [0.25, 0.3) is 5.69 Å². The second kappa shape index (κ2) is 5.28. The highest BCUT2D eigenvalue weighted by Crippen LogP contribution is 2.64. The van der Waals surface area contributed by atoms with E-state index in [0.29, 0.717) is 13.0 Å². The molecule has 4 nitrogen and oxygen atoms in total. The van der Waals surface area contributed by atoms with Gasteiger partial charge in [0, 0.05) is 25.4 Å². The lowest BCUT2D eigenvalue weighted by Crippen LogP contribution is -2.34. The van der Waals surface area contributed by atoms with Gasteiger partial charge in [-0.25, -0.2) is 4.68 Å². The number of para-hydroxylation sites is 1. The van der Waals surface area contributed by atoms with Crippen LogP contribution in [0.1, 0.15) is 18.9 Å². The van der Waals surface area contributed by atoms with Crippen LogP contribution in [-0.2, 0) is 11.3 Å². The van der Waals surface area contributed by atoms with E-state index >= 15 is 0 Å². The van der Waals surface area contributed by atoms with Crippen LogP contribution in [0.15, 0.2) is 42.7 Å². The number of nitrogens with zero attached hydrogens (tertiary/aromatic N) is 3. The molecule has 1 aromatic carbocycles. The minimum absolute atomic E-state index is 0.0371. The van der Waals surface area contributed by atoms with Gasteiger partial charge >= 0.3 is 0 Å². The Kier molecular flexibility index (Phi) is 3.69. The smallest absolute Gasteiger partial charge is 0.231 e. The SMILES string of the molecule is CN(Cc1cnn(-c2ccccc2)c1)C(=O)C1(C)CC1(Cl)Cl. The number of benzene rings is 1. The van der Waals surface area contributed by atoms with Gasteiger partial charge in [0.25, 0.3) is 0 Å². The summed E-state index contributed by atoms with van der Waals surface area (Å²) in [6.07, 6.45) is 4.18. The first-order valence-corrected chi connectivity index (χ1v) is 7.81. The van der Waals surface area contributed by atoms with Crippen molar-refractivity contribution in [2.75, 3.05) is 7.05 Å². The standard InChI is InChI=1S/C16H17Cl2N3O/c1-15(11-16(15,17)18)14(22)20(2)9-12-8-19-21(10-12)13-6-4-3-5-7-13/h3-8,10H,9,11H2,1-2H3. The van der Waals surface area contributed by atoms with Crippen LogP contribution < -0.4 is 0 Å². The molecular weight excluding hydrogens is 321 g/mol. The molecule has 1 fully saturated rings. The first-order valence-electron chi connectivity index (χ1n) is 7.06. The summed E-state index contributed by atoms with van der Waals surface area (Å²) in [4.78, 5) is 14.1. The largest absolute Gasteiger partial charge is 0.341 e. The summed E-state index contributed by atoms with van der Waals surface area (Å²) in [6.45, 7) is 2.28. The summed E-state index contributed by atoms with van der Waals surface area (Å²) in [5, 5.41) is 4.33. The van der Waals surface area contributed by atoms with Crippen molar-refractivity contribution in [3.05, 3.63) is 48.3 Å². The first kappa shape index (κ1) is 15.4. The van der Waals surface area contributed by atoms with Crippen molar-refractivity contribution in [3.63, 3.8) is 0 Å². The maximum Gasteiger partial charge on any atom is 0.231 e. The fraction of sp³-hybridized carbons (Fsp3) is 0.375. The highest BCUT2D eigenvalue weighted by atomic mass is 35.5. The number of alkyl halides is 2. The van der Waals surface area contributed by atoms with Crippen molar-refractivity contribution in [1.29, 1.82) is 0 Å². The topological polar surface area (TPSA) is 38.1 Å². The average molecular weight is 338 g/mol. The Labute approximate surface area is 139 Å². The molecule has 1 aliphatic carbocycles. The van der Waals surface area contributed by atoms with Crippen LogP contribution in [0.5, 0.6) is 0 Å². The van der Waals surface area contributed by atoms with Crippen LogP contribution >= 0.6 is 23.2 Å². The van der Waals surface area contributed by atoms with Crippen LogP contribution in [0, 0.1) is 5.41 Å². The first-order chi connectivity index (χ1) is 10.3. The highest BCUT2D eigenvalue weighted by Gasteiger charge is 2.68. The number of carbonyl (C=O) groups is 1. The summed E-state index contributed by atoms with van der Waals surface area (Å²) in [6, 6.07) is 9.83. The monoisotopic (exact) mass is 337 g/mol. The molecule has 0 bridgehead atoms. The van der Waals surface area contributed by atoms with E-state index in [1.165, 1.54) is 0 Å². The number of rotatable bonds is 4. The Balaban J connectivity index is 1.69. The molecule has 1 heterocycles. The van der Waals surface area contributed by atoms with Gasteiger partial charge in [-0.2, -0.15) is 5.10 Å². The Morgan fingerprint density at radius 1 is 1.36 bits per heavy atom. The molecule has 1 atom stereocenters. The zero-order valence-corrected chi connectivity index (χ0v) is 14.0. The summed E-state index contributed by atoms with van der Waals surface area (Å²) in [5.41, 5.74) is 1.26. The number of hydrogen-bond donors (Lipinski definition) is 0. The molecule has 2 aromatic rings. The van der Waals surface area contributed by atoms with E-state index < -0.39 is 9.75 Å². The lowest BCUT2D eigenvalue weighted by atomic mass is 10.1. The number of amides is 1. The Hall–Kier alpha value is -1.52. The molecule has 1 amide bonds. The van der Waals surface area contributed by atoms with Gasteiger partial charge in [0.15, 0.2) is 0 Å². The van der Waals surface area contributed by atoms with Crippen molar-refractivity contribution in [2.24, 2.45) is 5.41 Å². The van der Waals surface area contributed by atoms with Gasteiger partial charge < -0.3 is 4.90 Å². The van der Waals surface area contributed by atoms with E-state index in [2.05, 4.69) is 5.10 Å². The van der Waals surface area contributed by atoms with Gasteiger partial charge in [-0.15, -0.1) is 23.2 Å². The van der Waals surface area contributed by atoms with Gasteiger partial charge in [0.05, 0.1) is 17.3 Å². The summed E-state index contributed by atoms with van der Waals surface area (Å²) >= 11 is 12.2. The van der Waals surface area contributed by atoms with Crippen molar-refractivity contribution in [1.82, 2.24) is 14.7 Å². The Morgan fingerprint density at radius 3 is 2.59 bits per heavy atom. The summed E-state index contributed by atoms with van der Waals surface area (Å²) in [5.74, 6) is -0.0371. The fourth-order valence-electron chi connectivity index (χ4n) is 2.56. The molecule has 0 aliphatic heterocycles. The van der Waals surface area contributed by atoms with Gasteiger partial charge in [-0.3, -0.25) is 4.79 Å². The molecule has 0 saturated heterocycles. The van der Waals surface area contributed by atoms with E-state index in [1.807, 2.05) is 36.5 Å². The molecule has 1 aromatic heterocycles. The van der Waals surface area contributed by atoms with Crippen molar-refractivity contribution in [2.45, 2.75) is 24.2 Å². The second-order valence-corrected chi connectivity index (χ2v) is 7.49. The third kappa shape index (κ3) is 2.61. The number of hydrogen-bond acceptors (Lipinski definition) is 2. The normalized spacial score (nSPS) is 22.4. The van der Waals surface area contributed by atoms with Crippen LogP contribution in [0.3, 0.4) is 0 Å². The predicted octanol–water partition coefficient (Wildman–Crippen LogP) is 3.41. The van der Waals surface area contributed by atoms with Gasteiger partial charge in [-0.05, 0) is 25.5 Å². The maximum absolute atomic E-state index is 12.5.